The molecule has 7 heteroatoms. The second-order valence-electron chi connectivity index (χ2n) is 6.57. The lowest BCUT2D eigenvalue weighted by Crippen LogP contribution is -2.29. The summed E-state index contributed by atoms with van der Waals surface area (Å²) < 4.78 is 15.3. The fourth-order valence-corrected chi connectivity index (χ4v) is 2.97. The predicted molar refractivity (Wildman–Crippen MR) is 107 cm³/mol. The number of aromatic nitrogens is 3. The lowest BCUT2D eigenvalue weighted by molar-refractivity contribution is 0.202. The molecule has 0 radical (unpaired) electrons. The Bertz CT molecular complexity index is 969. The van der Waals surface area contributed by atoms with Crippen molar-refractivity contribution in [1.82, 2.24) is 14.8 Å². The zero-order chi connectivity index (χ0) is 20.3. The molecule has 3 rings (SSSR count). The maximum atomic E-state index is 13.4. The zero-order valence-electron chi connectivity index (χ0n) is 16.1. The summed E-state index contributed by atoms with van der Waals surface area (Å²) in [6.45, 7) is 6.21. The molecule has 2 heterocycles. The first kappa shape index (κ1) is 19.5. The maximum Gasteiger partial charge on any atom is 0.412 e. The van der Waals surface area contributed by atoms with E-state index in [-0.39, 0.29) is 11.9 Å². The summed E-state index contributed by atoms with van der Waals surface area (Å²) in [5.74, 6) is 0.0479. The van der Waals surface area contributed by atoms with E-state index < -0.39 is 6.09 Å². The van der Waals surface area contributed by atoms with Crippen LogP contribution in [-0.2, 0) is 0 Å². The normalized spacial score (nSPS) is 12.0. The molecule has 1 amide bonds. The lowest BCUT2D eigenvalue weighted by Gasteiger charge is -2.16. The van der Waals surface area contributed by atoms with Gasteiger partial charge in [0.2, 0.25) is 0 Å². The highest BCUT2D eigenvalue weighted by Gasteiger charge is 2.18. The van der Waals surface area contributed by atoms with Crippen molar-refractivity contribution in [2.45, 2.75) is 33.2 Å². The summed E-state index contributed by atoms with van der Waals surface area (Å²) >= 11 is 0. The topological polar surface area (TPSA) is 71.2 Å². The molecule has 0 saturated heterocycles. The Labute approximate surface area is 163 Å². The van der Waals surface area contributed by atoms with Gasteiger partial charge in [0, 0.05) is 36.1 Å². The van der Waals surface area contributed by atoms with Crippen LogP contribution in [0.25, 0.3) is 22.4 Å². The van der Waals surface area contributed by atoms with Gasteiger partial charge in [0.1, 0.15) is 17.3 Å². The maximum absolute atomic E-state index is 13.4. The highest BCUT2D eigenvalue weighted by molar-refractivity contribution is 5.87. The van der Waals surface area contributed by atoms with Crippen molar-refractivity contribution < 1.29 is 14.3 Å². The Morgan fingerprint density at radius 2 is 1.93 bits per heavy atom. The lowest BCUT2D eigenvalue weighted by atomic mass is 10.0. The predicted octanol–water partition coefficient (Wildman–Crippen LogP) is 5.23. The van der Waals surface area contributed by atoms with E-state index in [0.717, 1.165) is 28.8 Å². The second-order valence-corrected chi connectivity index (χ2v) is 6.57. The highest BCUT2D eigenvalue weighted by atomic mass is 19.1. The monoisotopic (exact) mass is 382 g/mol. The number of pyridine rings is 1. The Kier molecular flexibility index (Phi) is 5.73. The van der Waals surface area contributed by atoms with Crippen LogP contribution in [0.15, 0.2) is 48.8 Å². The molecule has 28 heavy (non-hydrogen) atoms. The van der Waals surface area contributed by atoms with Crippen LogP contribution in [0.5, 0.6) is 0 Å². The number of anilines is 1. The van der Waals surface area contributed by atoms with Crippen molar-refractivity contribution in [2.24, 2.45) is 0 Å². The summed E-state index contributed by atoms with van der Waals surface area (Å²) in [4.78, 5) is 16.8. The van der Waals surface area contributed by atoms with Gasteiger partial charge < -0.3 is 5.11 Å². The van der Waals surface area contributed by atoms with Crippen molar-refractivity contribution in [2.75, 3.05) is 11.4 Å². The van der Waals surface area contributed by atoms with Crippen molar-refractivity contribution in [3.63, 3.8) is 0 Å². The van der Waals surface area contributed by atoms with Gasteiger partial charge >= 0.3 is 6.09 Å². The first-order valence-corrected chi connectivity index (χ1v) is 9.26. The van der Waals surface area contributed by atoms with Gasteiger partial charge in [-0.25, -0.2) is 14.2 Å². The smallest absolute Gasteiger partial charge is 0.412 e. The van der Waals surface area contributed by atoms with E-state index in [0.29, 0.717) is 12.4 Å². The molecule has 0 saturated carbocycles. The van der Waals surface area contributed by atoms with Crippen molar-refractivity contribution in [1.29, 1.82) is 0 Å². The third kappa shape index (κ3) is 3.88. The molecule has 1 N–H and O–H groups in total. The largest absolute Gasteiger partial charge is 0.465 e. The average molecular weight is 382 g/mol. The number of nitrogens with zero attached hydrogens (tertiary/aromatic N) is 4. The molecule has 0 fully saturated rings. The number of hydrogen-bond donors (Lipinski definition) is 1. The number of hydrogen-bond acceptors (Lipinski definition) is 3. The first-order chi connectivity index (χ1) is 13.4. The van der Waals surface area contributed by atoms with Crippen LogP contribution in [0, 0.1) is 5.82 Å². The van der Waals surface area contributed by atoms with E-state index in [9.17, 15) is 14.3 Å². The summed E-state index contributed by atoms with van der Waals surface area (Å²) in [6, 6.07) is 9.96. The van der Waals surface area contributed by atoms with Crippen LogP contribution < -0.4 is 4.90 Å². The quantitative estimate of drug-likeness (QED) is 0.634. The number of benzene rings is 1. The average Bonchev–Trinajstić information content (AvgIpc) is 3.14. The van der Waals surface area contributed by atoms with Crippen molar-refractivity contribution in [3.8, 4) is 22.4 Å². The van der Waals surface area contributed by atoms with E-state index in [1.54, 1.807) is 31.3 Å². The van der Waals surface area contributed by atoms with Crippen molar-refractivity contribution in [3.05, 3.63) is 54.6 Å². The van der Waals surface area contributed by atoms with Crippen LogP contribution in [0.2, 0.25) is 0 Å². The van der Waals surface area contributed by atoms with Gasteiger partial charge in [-0.15, -0.1) is 0 Å². The van der Waals surface area contributed by atoms with Gasteiger partial charge in [0.15, 0.2) is 0 Å². The Morgan fingerprint density at radius 1 is 1.21 bits per heavy atom. The number of rotatable bonds is 6. The standard InChI is InChI=1S/C21H23FN4O2/c1-4-14(3)26-13-18(20(24-26)15-6-8-17(22)9-7-15)16-10-11-23-19(12-16)25(5-2)21(27)28/h6-14H,4-5H2,1-3H3,(H,27,28). The number of halogens is 1. The Morgan fingerprint density at radius 3 is 2.54 bits per heavy atom. The van der Waals surface area contributed by atoms with E-state index in [2.05, 4.69) is 18.8 Å². The fourth-order valence-electron chi connectivity index (χ4n) is 2.97. The minimum Gasteiger partial charge on any atom is -0.465 e. The summed E-state index contributed by atoms with van der Waals surface area (Å²) in [5, 5.41) is 14.1. The van der Waals surface area contributed by atoms with E-state index in [1.807, 2.05) is 16.9 Å². The fraction of sp³-hybridized carbons (Fsp3) is 0.286. The highest BCUT2D eigenvalue weighted by Crippen LogP contribution is 2.33. The van der Waals surface area contributed by atoms with Gasteiger partial charge in [-0.1, -0.05) is 6.92 Å². The molecule has 2 aromatic heterocycles. The molecule has 146 valence electrons. The summed E-state index contributed by atoms with van der Waals surface area (Å²) in [7, 11) is 0. The molecule has 6 nitrogen and oxygen atoms in total. The van der Waals surface area contributed by atoms with Gasteiger partial charge in [-0.2, -0.15) is 5.10 Å². The molecular weight excluding hydrogens is 359 g/mol. The minimum absolute atomic E-state index is 0.195. The summed E-state index contributed by atoms with van der Waals surface area (Å²) in [5.41, 5.74) is 3.16. The Hall–Kier alpha value is -3.22. The van der Waals surface area contributed by atoms with Crippen LogP contribution in [0.3, 0.4) is 0 Å². The SMILES string of the molecule is CCC(C)n1cc(-c2ccnc(N(CC)C(=O)O)c2)c(-c2ccc(F)cc2)n1. The van der Waals surface area contributed by atoms with Crippen LogP contribution in [0.1, 0.15) is 33.2 Å². The van der Waals surface area contributed by atoms with Crippen LogP contribution in [0.4, 0.5) is 15.0 Å². The van der Waals surface area contributed by atoms with E-state index in [1.165, 1.54) is 17.0 Å². The molecular formula is C21H23FN4O2. The molecule has 1 unspecified atom stereocenters. The van der Waals surface area contributed by atoms with Gasteiger partial charge in [0.05, 0.1) is 0 Å². The second kappa shape index (κ2) is 8.21. The molecule has 0 aliphatic carbocycles. The zero-order valence-corrected chi connectivity index (χ0v) is 16.1. The molecule has 0 aliphatic rings. The molecule has 1 atom stereocenters. The molecule has 0 spiro atoms. The number of carboxylic acid groups (broad SMARTS) is 1. The number of amides is 1. The van der Waals surface area contributed by atoms with Gasteiger partial charge in [-0.3, -0.25) is 9.58 Å². The third-order valence-electron chi connectivity index (χ3n) is 4.77. The minimum atomic E-state index is -1.05. The van der Waals surface area contributed by atoms with Gasteiger partial charge in [-0.05, 0) is 62.2 Å². The molecule has 0 bridgehead atoms. The molecule has 3 aromatic rings. The Balaban J connectivity index is 2.14. The molecule has 0 aliphatic heterocycles. The van der Waals surface area contributed by atoms with E-state index in [4.69, 9.17) is 5.10 Å². The van der Waals surface area contributed by atoms with Crippen LogP contribution >= 0.6 is 0 Å². The first-order valence-electron chi connectivity index (χ1n) is 9.26. The van der Waals surface area contributed by atoms with Crippen molar-refractivity contribution >= 4 is 11.9 Å². The van der Waals surface area contributed by atoms with E-state index >= 15 is 0 Å². The third-order valence-corrected chi connectivity index (χ3v) is 4.77. The molecule has 1 aromatic carbocycles. The van der Waals surface area contributed by atoms with Crippen LogP contribution in [-0.4, -0.2) is 32.5 Å². The summed E-state index contributed by atoms with van der Waals surface area (Å²) in [6.07, 6.45) is 3.39. The number of carbonyl (C=O) groups is 1. The van der Waals surface area contributed by atoms with Gasteiger partial charge in [0.25, 0.3) is 0 Å².